The monoisotopic (exact) mass is 397 g/mol. The maximum Gasteiger partial charge on any atom is 0.238 e. The highest BCUT2D eigenvalue weighted by Gasteiger charge is 2.13. The molecule has 0 aliphatic carbocycles. The van der Waals surface area contributed by atoms with Crippen LogP contribution < -0.4 is 10.6 Å². The van der Waals surface area contributed by atoms with Gasteiger partial charge in [0.1, 0.15) is 5.82 Å². The number of hydrogen-bond donors (Lipinski definition) is 2. The van der Waals surface area contributed by atoms with Crippen molar-refractivity contribution in [3.8, 4) is 0 Å². The van der Waals surface area contributed by atoms with Crippen LogP contribution in [0.15, 0.2) is 42.5 Å². The summed E-state index contributed by atoms with van der Waals surface area (Å²) in [7, 11) is 1.64. The van der Waals surface area contributed by atoms with E-state index in [4.69, 9.17) is 23.2 Å². The predicted octanol–water partition coefficient (Wildman–Crippen LogP) is 3.32. The molecule has 5 nitrogen and oxygen atoms in total. The lowest BCUT2D eigenvalue weighted by Gasteiger charge is -2.17. The van der Waals surface area contributed by atoms with E-state index in [9.17, 15) is 14.0 Å². The number of halogens is 3. The molecule has 0 aliphatic rings. The maximum absolute atomic E-state index is 12.8. The highest BCUT2D eigenvalue weighted by molar-refractivity contribution is 6.39. The summed E-state index contributed by atoms with van der Waals surface area (Å²) in [6.45, 7) is 0.310. The average Bonchev–Trinajstić information content (AvgIpc) is 2.57. The topological polar surface area (TPSA) is 61.4 Å². The smallest absolute Gasteiger partial charge is 0.238 e. The van der Waals surface area contributed by atoms with Gasteiger partial charge in [0.05, 0.1) is 28.8 Å². The van der Waals surface area contributed by atoms with Crippen LogP contribution in [0.1, 0.15) is 5.56 Å². The predicted molar refractivity (Wildman–Crippen MR) is 101 cm³/mol. The first-order valence-electron chi connectivity index (χ1n) is 7.78. The fourth-order valence-electron chi connectivity index (χ4n) is 2.20. The van der Waals surface area contributed by atoms with Crippen LogP contribution in [-0.4, -0.2) is 36.9 Å². The Bertz CT molecular complexity index is 764. The van der Waals surface area contributed by atoms with Crippen molar-refractivity contribution in [1.29, 1.82) is 0 Å². The Morgan fingerprint density at radius 1 is 1.00 bits per heavy atom. The summed E-state index contributed by atoms with van der Waals surface area (Å²) in [6, 6.07) is 10.8. The molecule has 0 radical (unpaired) electrons. The van der Waals surface area contributed by atoms with Gasteiger partial charge in [0, 0.05) is 6.54 Å². The average molecular weight is 398 g/mol. The fraction of sp³-hybridized carbons (Fsp3) is 0.222. The van der Waals surface area contributed by atoms with Crippen molar-refractivity contribution in [2.75, 3.05) is 25.5 Å². The molecule has 0 spiro atoms. The third-order valence-electron chi connectivity index (χ3n) is 3.46. The van der Waals surface area contributed by atoms with Crippen LogP contribution in [0.2, 0.25) is 10.0 Å². The number of anilines is 1. The molecule has 0 heterocycles. The Labute approximate surface area is 161 Å². The third-order valence-corrected chi connectivity index (χ3v) is 4.09. The molecule has 2 amide bonds. The van der Waals surface area contributed by atoms with Crippen molar-refractivity contribution in [3.63, 3.8) is 0 Å². The van der Waals surface area contributed by atoms with E-state index in [0.717, 1.165) is 5.56 Å². The molecule has 0 fully saturated rings. The van der Waals surface area contributed by atoms with E-state index in [1.54, 1.807) is 42.3 Å². The molecule has 0 aromatic heterocycles. The van der Waals surface area contributed by atoms with Gasteiger partial charge in [-0.05, 0) is 36.9 Å². The zero-order valence-electron chi connectivity index (χ0n) is 14.1. The Hall–Kier alpha value is -2.15. The molecule has 2 aromatic rings. The summed E-state index contributed by atoms with van der Waals surface area (Å²) in [6.07, 6.45) is 0. The minimum absolute atomic E-state index is 0.00841. The van der Waals surface area contributed by atoms with Crippen molar-refractivity contribution in [2.45, 2.75) is 6.54 Å². The van der Waals surface area contributed by atoms with E-state index in [1.807, 2.05) is 0 Å². The molecule has 0 bridgehead atoms. The third kappa shape index (κ3) is 6.29. The number of nitrogens with zero attached hydrogens (tertiary/aromatic N) is 1. The molecule has 0 unspecified atom stereocenters. The van der Waals surface area contributed by atoms with Crippen LogP contribution in [0.3, 0.4) is 0 Å². The lowest BCUT2D eigenvalue weighted by atomic mass is 10.2. The van der Waals surface area contributed by atoms with Gasteiger partial charge in [-0.25, -0.2) is 4.39 Å². The summed E-state index contributed by atoms with van der Waals surface area (Å²) < 4.78 is 12.8. The van der Waals surface area contributed by atoms with Crippen LogP contribution in [0.5, 0.6) is 0 Å². The van der Waals surface area contributed by atoms with Gasteiger partial charge in [-0.3, -0.25) is 14.5 Å². The maximum atomic E-state index is 12.8. The normalized spacial score (nSPS) is 10.7. The van der Waals surface area contributed by atoms with E-state index < -0.39 is 0 Å². The van der Waals surface area contributed by atoms with Crippen LogP contribution in [-0.2, 0) is 16.1 Å². The Balaban J connectivity index is 1.78. The quantitative estimate of drug-likeness (QED) is 0.753. The minimum Gasteiger partial charge on any atom is -0.351 e. The molecule has 0 aliphatic heterocycles. The first kappa shape index (κ1) is 20.2. The first-order chi connectivity index (χ1) is 12.3. The SMILES string of the molecule is CN(CC(=O)NCc1ccc(F)cc1)CC(=O)Nc1c(Cl)cccc1Cl. The summed E-state index contributed by atoms with van der Waals surface area (Å²) in [4.78, 5) is 25.6. The molecule has 0 saturated carbocycles. The van der Waals surface area contributed by atoms with E-state index >= 15 is 0 Å². The molecule has 138 valence electrons. The zero-order chi connectivity index (χ0) is 19.1. The van der Waals surface area contributed by atoms with Gasteiger partial charge in [0.25, 0.3) is 0 Å². The van der Waals surface area contributed by atoms with Gasteiger partial charge in [-0.2, -0.15) is 0 Å². The number of carbonyl (C=O) groups is 2. The molecule has 2 N–H and O–H groups in total. The van der Waals surface area contributed by atoms with Crippen LogP contribution >= 0.6 is 23.2 Å². The van der Waals surface area contributed by atoms with Gasteiger partial charge in [0.2, 0.25) is 11.8 Å². The second kappa shape index (κ2) is 9.52. The summed E-state index contributed by atoms with van der Waals surface area (Å²) in [5, 5.41) is 6.02. The minimum atomic E-state index is -0.339. The van der Waals surface area contributed by atoms with E-state index in [-0.39, 0.29) is 37.3 Å². The van der Waals surface area contributed by atoms with E-state index in [0.29, 0.717) is 15.7 Å². The fourth-order valence-corrected chi connectivity index (χ4v) is 2.69. The molecular weight excluding hydrogens is 380 g/mol. The summed E-state index contributed by atoms with van der Waals surface area (Å²) in [5.74, 6) is -0.918. The number of nitrogens with one attached hydrogen (secondary N) is 2. The molecule has 0 atom stereocenters. The van der Waals surface area contributed by atoms with Crippen LogP contribution in [0.25, 0.3) is 0 Å². The summed E-state index contributed by atoms with van der Waals surface area (Å²) >= 11 is 12.0. The second-order valence-corrected chi connectivity index (χ2v) is 6.53. The van der Waals surface area contributed by atoms with E-state index in [2.05, 4.69) is 10.6 Å². The Morgan fingerprint density at radius 3 is 2.19 bits per heavy atom. The molecule has 2 rings (SSSR count). The van der Waals surface area contributed by atoms with Crippen molar-refractivity contribution >= 4 is 40.7 Å². The van der Waals surface area contributed by atoms with Crippen molar-refractivity contribution in [2.24, 2.45) is 0 Å². The molecule has 0 saturated heterocycles. The highest BCUT2D eigenvalue weighted by Crippen LogP contribution is 2.29. The number of likely N-dealkylation sites (N-methyl/N-ethyl adjacent to an activating group) is 1. The number of rotatable bonds is 7. The largest absolute Gasteiger partial charge is 0.351 e. The highest BCUT2D eigenvalue weighted by atomic mass is 35.5. The molecule has 2 aromatic carbocycles. The van der Waals surface area contributed by atoms with Gasteiger partial charge < -0.3 is 10.6 Å². The standard InChI is InChI=1S/C18H18Cl2FN3O2/c1-24(10-16(25)22-9-12-5-7-13(21)8-6-12)11-17(26)23-18-14(19)3-2-4-15(18)20/h2-8H,9-11H2,1H3,(H,22,25)(H,23,26). The molecule has 8 heteroatoms. The second-order valence-electron chi connectivity index (χ2n) is 5.72. The van der Waals surface area contributed by atoms with Crippen LogP contribution in [0, 0.1) is 5.82 Å². The van der Waals surface area contributed by atoms with Crippen molar-refractivity contribution in [3.05, 3.63) is 63.9 Å². The zero-order valence-corrected chi connectivity index (χ0v) is 15.6. The lowest BCUT2D eigenvalue weighted by molar-refractivity contribution is -0.123. The van der Waals surface area contributed by atoms with Crippen LogP contribution in [0.4, 0.5) is 10.1 Å². The number of amides is 2. The van der Waals surface area contributed by atoms with Gasteiger partial charge in [-0.1, -0.05) is 41.4 Å². The first-order valence-corrected chi connectivity index (χ1v) is 8.54. The lowest BCUT2D eigenvalue weighted by Crippen LogP contribution is -2.38. The van der Waals surface area contributed by atoms with E-state index in [1.165, 1.54) is 12.1 Å². The number of hydrogen-bond acceptors (Lipinski definition) is 3. The Kier molecular flexibility index (Phi) is 7.38. The van der Waals surface area contributed by atoms with Gasteiger partial charge in [-0.15, -0.1) is 0 Å². The molecule has 26 heavy (non-hydrogen) atoms. The Morgan fingerprint density at radius 2 is 1.58 bits per heavy atom. The van der Waals surface area contributed by atoms with Crippen molar-refractivity contribution in [1.82, 2.24) is 10.2 Å². The molecular formula is C18H18Cl2FN3O2. The van der Waals surface area contributed by atoms with Gasteiger partial charge >= 0.3 is 0 Å². The number of carbonyl (C=O) groups excluding carboxylic acids is 2. The van der Waals surface area contributed by atoms with Gasteiger partial charge in [0.15, 0.2) is 0 Å². The number of para-hydroxylation sites is 1. The van der Waals surface area contributed by atoms with Crippen molar-refractivity contribution < 1.29 is 14.0 Å². The summed E-state index contributed by atoms with van der Waals surface area (Å²) in [5.41, 5.74) is 1.13. The number of benzene rings is 2.